The number of aliphatic hydroxyl groups excluding tert-OH is 1. The Bertz CT molecular complexity index is 825. The number of alkyl halides is 19. The molecule has 0 aliphatic rings. The molecular weight excluding hydrogens is 589 g/mol. The highest BCUT2D eigenvalue weighted by Gasteiger charge is 2.98. The second kappa shape index (κ2) is 9.86. The lowest BCUT2D eigenvalue weighted by Crippen LogP contribution is -2.77. The molecule has 0 unspecified atom stereocenters. The van der Waals surface area contributed by atoms with Gasteiger partial charge in [0.2, 0.25) is 0 Å². The highest BCUT2D eigenvalue weighted by molar-refractivity contribution is 5.82. The van der Waals surface area contributed by atoms with Crippen molar-refractivity contribution >= 4 is 5.97 Å². The summed E-state index contributed by atoms with van der Waals surface area (Å²) >= 11 is 0. The standard InChI is InChI=1S/C15H9F19O3/c16-7(17,3-2-6(36)37-5-1-4-35)9(19,20)11(23,24)13(27,28)12(25,26)10(21,22)8(18,14(29,30)31)15(32,33)34/h2-3,35H,1,4-5H2. The molecule has 37 heavy (non-hydrogen) atoms. The summed E-state index contributed by atoms with van der Waals surface area (Å²) in [4.78, 5) is 10.9. The van der Waals surface area contributed by atoms with E-state index in [0.717, 1.165) is 0 Å². The molecule has 0 rings (SSSR count). The fourth-order valence-electron chi connectivity index (χ4n) is 2.10. The number of halogens is 19. The van der Waals surface area contributed by atoms with E-state index in [0.29, 0.717) is 0 Å². The number of hydrogen-bond acceptors (Lipinski definition) is 3. The minimum absolute atomic E-state index is 0.439. The molecule has 220 valence electrons. The van der Waals surface area contributed by atoms with E-state index in [1.165, 1.54) is 0 Å². The van der Waals surface area contributed by atoms with E-state index >= 15 is 0 Å². The number of rotatable bonds is 11. The van der Waals surface area contributed by atoms with Crippen molar-refractivity contribution in [2.75, 3.05) is 13.2 Å². The summed E-state index contributed by atoms with van der Waals surface area (Å²) in [7, 11) is 0. The number of esters is 1. The van der Waals surface area contributed by atoms with E-state index in [1.54, 1.807) is 0 Å². The number of allylic oxidation sites excluding steroid dienone is 1. The molecule has 3 nitrogen and oxygen atoms in total. The largest absolute Gasteiger partial charge is 0.462 e. The van der Waals surface area contributed by atoms with Gasteiger partial charge in [0.15, 0.2) is 0 Å². The first-order valence-corrected chi connectivity index (χ1v) is 8.51. The Labute approximate surface area is 190 Å². The fourth-order valence-corrected chi connectivity index (χ4v) is 2.10. The first-order chi connectivity index (χ1) is 16.0. The van der Waals surface area contributed by atoms with Gasteiger partial charge in [0.1, 0.15) is 0 Å². The van der Waals surface area contributed by atoms with E-state index in [4.69, 9.17) is 5.11 Å². The van der Waals surface area contributed by atoms with Crippen LogP contribution in [0, 0.1) is 0 Å². The van der Waals surface area contributed by atoms with Crippen molar-refractivity contribution in [3.63, 3.8) is 0 Å². The van der Waals surface area contributed by atoms with Gasteiger partial charge in [-0.15, -0.1) is 0 Å². The maximum Gasteiger partial charge on any atom is 0.438 e. The molecule has 0 aliphatic carbocycles. The van der Waals surface area contributed by atoms with Crippen molar-refractivity contribution < 1.29 is 98.1 Å². The zero-order valence-electron chi connectivity index (χ0n) is 16.7. The maximum atomic E-state index is 13.6. The van der Waals surface area contributed by atoms with Gasteiger partial charge in [-0.2, -0.15) is 79.0 Å². The van der Waals surface area contributed by atoms with Crippen LogP contribution >= 0.6 is 0 Å². The summed E-state index contributed by atoms with van der Waals surface area (Å²) in [6.45, 7) is -1.59. The highest BCUT2D eigenvalue weighted by atomic mass is 19.4. The molecule has 0 radical (unpaired) electrons. The second-order valence-corrected chi connectivity index (χ2v) is 6.73. The maximum absolute atomic E-state index is 13.6. The third-order valence-electron chi connectivity index (χ3n) is 4.19. The lowest BCUT2D eigenvalue weighted by Gasteiger charge is -2.44. The van der Waals surface area contributed by atoms with Crippen LogP contribution in [0.25, 0.3) is 0 Å². The van der Waals surface area contributed by atoms with Crippen LogP contribution in [-0.2, 0) is 9.53 Å². The Balaban J connectivity index is 6.78. The number of aliphatic hydroxyl groups is 1. The summed E-state index contributed by atoms with van der Waals surface area (Å²) in [5.74, 6) is -53.0. The molecule has 0 aliphatic heterocycles. The van der Waals surface area contributed by atoms with E-state index in [-0.39, 0.29) is 0 Å². The summed E-state index contributed by atoms with van der Waals surface area (Å²) in [5, 5.41) is 8.33. The highest BCUT2D eigenvalue weighted by Crippen LogP contribution is 2.66. The van der Waals surface area contributed by atoms with Gasteiger partial charge in [-0.3, -0.25) is 0 Å². The molecule has 0 saturated carbocycles. The average Bonchev–Trinajstić information content (AvgIpc) is 2.69. The molecule has 0 aromatic carbocycles. The monoisotopic (exact) mass is 598 g/mol. The van der Waals surface area contributed by atoms with E-state index in [2.05, 4.69) is 4.74 Å². The Morgan fingerprint density at radius 3 is 1.30 bits per heavy atom. The Morgan fingerprint density at radius 2 is 0.946 bits per heavy atom. The molecule has 0 spiro atoms. The second-order valence-electron chi connectivity index (χ2n) is 6.73. The van der Waals surface area contributed by atoms with Gasteiger partial charge in [0.05, 0.1) is 6.61 Å². The van der Waals surface area contributed by atoms with E-state index in [9.17, 15) is 88.2 Å². The van der Waals surface area contributed by atoms with Crippen molar-refractivity contribution in [2.24, 2.45) is 0 Å². The number of ether oxygens (including phenoxy) is 1. The van der Waals surface area contributed by atoms with Gasteiger partial charge in [-0.25, -0.2) is 9.18 Å². The van der Waals surface area contributed by atoms with Gasteiger partial charge in [0.25, 0.3) is 0 Å². The Kier molecular flexibility index (Phi) is 9.28. The lowest BCUT2D eigenvalue weighted by molar-refractivity contribution is -0.470. The molecule has 0 aromatic heterocycles. The first-order valence-electron chi connectivity index (χ1n) is 8.51. The smallest absolute Gasteiger partial charge is 0.438 e. The number of carbonyl (C=O) groups is 1. The zero-order chi connectivity index (χ0) is 30.3. The minimum Gasteiger partial charge on any atom is -0.462 e. The molecular formula is C15H9F19O3. The van der Waals surface area contributed by atoms with Crippen molar-refractivity contribution in [2.45, 2.75) is 60.0 Å². The van der Waals surface area contributed by atoms with Crippen LogP contribution in [0.2, 0.25) is 0 Å². The zero-order valence-corrected chi connectivity index (χ0v) is 16.7. The van der Waals surface area contributed by atoms with Crippen molar-refractivity contribution in [1.29, 1.82) is 0 Å². The molecule has 1 N–H and O–H groups in total. The van der Waals surface area contributed by atoms with Gasteiger partial charge in [-0.1, -0.05) is 0 Å². The van der Waals surface area contributed by atoms with Gasteiger partial charge in [-0.05, 0) is 6.08 Å². The normalized spacial score (nSPS) is 15.9. The van der Waals surface area contributed by atoms with E-state index in [1.807, 2.05) is 0 Å². The Morgan fingerprint density at radius 1 is 0.595 bits per heavy atom. The summed E-state index contributed by atoms with van der Waals surface area (Å²) in [5.41, 5.74) is -8.80. The predicted molar refractivity (Wildman–Crippen MR) is 77.4 cm³/mol. The quantitative estimate of drug-likeness (QED) is 0.135. The average molecular weight is 598 g/mol. The number of hydrogen-bond donors (Lipinski definition) is 1. The SMILES string of the molecule is O=C(C=CC(F)(F)C(F)(F)C(F)(F)C(F)(F)C(F)(F)C(F)(F)C(F)(C(F)(F)F)C(F)(F)F)OCCCO. The summed E-state index contributed by atoms with van der Waals surface area (Å²) in [6.07, 6.45) is -19.8. The van der Waals surface area contributed by atoms with Crippen LogP contribution < -0.4 is 0 Å². The van der Waals surface area contributed by atoms with Crippen LogP contribution in [0.3, 0.4) is 0 Å². The molecule has 0 bridgehead atoms. The molecule has 0 aromatic rings. The predicted octanol–water partition coefficient (Wildman–Crippen LogP) is 6.11. The van der Waals surface area contributed by atoms with Gasteiger partial charge in [0, 0.05) is 19.1 Å². The minimum atomic E-state index is -9.10. The van der Waals surface area contributed by atoms with Crippen LogP contribution in [0.1, 0.15) is 6.42 Å². The van der Waals surface area contributed by atoms with Crippen molar-refractivity contribution in [3.05, 3.63) is 12.2 Å². The Hall–Kier alpha value is -2.16. The van der Waals surface area contributed by atoms with E-state index < -0.39 is 91.3 Å². The third-order valence-corrected chi connectivity index (χ3v) is 4.19. The molecule has 0 saturated heterocycles. The van der Waals surface area contributed by atoms with Crippen LogP contribution in [-0.4, -0.2) is 77.8 Å². The molecule has 0 atom stereocenters. The molecule has 0 heterocycles. The fraction of sp³-hybridized carbons (Fsp3) is 0.800. The molecule has 22 heteroatoms. The number of carbonyl (C=O) groups excluding carboxylic acids is 1. The van der Waals surface area contributed by atoms with Gasteiger partial charge >= 0.3 is 59.5 Å². The lowest BCUT2D eigenvalue weighted by atomic mass is 9.83. The van der Waals surface area contributed by atoms with Crippen LogP contribution in [0.4, 0.5) is 83.4 Å². The third kappa shape index (κ3) is 5.25. The van der Waals surface area contributed by atoms with Gasteiger partial charge < -0.3 is 9.84 Å². The molecule has 0 fully saturated rings. The van der Waals surface area contributed by atoms with Crippen molar-refractivity contribution in [3.8, 4) is 0 Å². The van der Waals surface area contributed by atoms with Crippen LogP contribution in [0.15, 0.2) is 12.2 Å². The molecule has 0 amide bonds. The van der Waals surface area contributed by atoms with Crippen molar-refractivity contribution in [1.82, 2.24) is 0 Å². The first kappa shape index (κ1) is 34.8. The summed E-state index contributed by atoms with van der Waals surface area (Å²) < 4.78 is 254. The topological polar surface area (TPSA) is 46.5 Å². The summed E-state index contributed by atoms with van der Waals surface area (Å²) in [6, 6.07) is 0. The van der Waals surface area contributed by atoms with Crippen LogP contribution in [0.5, 0.6) is 0 Å².